The zero-order chi connectivity index (χ0) is 19.7. The van der Waals surface area contributed by atoms with Crippen LogP contribution in [0.1, 0.15) is 37.6 Å². The van der Waals surface area contributed by atoms with Crippen LogP contribution in [0.15, 0.2) is 18.2 Å². The number of ether oxygens (including phenoxy) is 2. The maximum absolute atomic E-state index is 12.7. The average Bonchev–Trinajstić information content (AvgIpc) is 2.60. The molecule has 0 heterocycles. The number of hydrogen-bond donors (Lipinski definition) is 2. The number of methoxy groups -OCH3 is 1. The molecule has 142 valence electrons. The van der Waals surface area contributed by atoms with Gasteiger partial charge >= 0.3 is 5.97 Å². The highest BCUT2D eigenvalue weighted by Crippen LogP contribution is 2.50. The van der Waals surface area contributed by atoms with Crippen LogP contribution in [0.3, 0.4) is 0 Å². The quantitative estimate of drug-likeness (QED) is 0.446. The zero-order valence-corrected chi connectivity index (χ0v) is 15.2. The van der Waals surface area contributed by atoms with E-state index in [4.69, 9.17) is 10.5 Å². The Hall–Kier alpha value is -2.52. The minimum absolute atomic E-state index is 0.0388. The molecule has 3 N–H and O–H groups in total. The minimum Gasteiger partial charge on any atom is -0.465 e. The summed E-state index contributed by atoms with van der Waals surface area (Å²) in [7, 11) is 1.17. The van der Waals surface area contributed by atoms with Gasteiger partial charge in [0.05, 0.1) is 23.7 Å². The molecular weight excluding hydrogens is 342 g/mol. The molecule has 1 aliphatic carbocycles. The molecule has 0 bridgehead atoms. The smallest absolute Gasteiger partial charge is 0.338 e. The van der Waals surface area contributed by atoms with Crippen molar-refractivity contribution in [3.05, 3.63) is 33.9 Å². The molecule has 0 saturated heterocycles. The first-order valence-electron chi connectivity index (χ1n) is 8.16. The summed E-state index contributed by atoms with van der Waals surface area (Å²) >= 11 is 0. The first-order valence-corrected chi connectivity index (χ1v) is 8.16. The number of nitro benzene ring substituents is 1. The Kier molecular flexibility index (Phi) is 5.33. The fourth-order valence-corrected chi connectivity index (χ4v) is 3.09. The summed E-state index contributed by atoms with van der Waals surface area (Å²) in [4.78, 5) is 34.9. The van der Waals surface area contributed by atoms with Crippen LogP contribution >= 0.6 is 0 Å². The van der Waals surface area contributed by atoms with E-state index in [1.54, 1.807) is 0 Å². The van der Waals surface area contributed by atoms with Crippen LogP contribution in [-0.2, 0) is 14.3 Å². The van der Waals surface area contributed by atoms with Gasteiger partial charge in [-0.1, -0.05) is 13.8 Å². The van der Waals surface area contributed by atoms with E-state index in [1.807, 2.05) is 20.8 Å². The lowest BCUT2D eigenvalue weighted by molar-refractivity contribution is -0.384. The predicted molar refractivity (Wildman–Crippen MR) is 93.8 cm³/mol. The Morgan fingerprint density at radius 3 is 2.54 bits per heavy atom. The maximum atomic E-state index is 12.7. The number of esters is 1. The van der Waals surface area contributed by atoms with E-state index < -0.39 is 27.8 Å². The van der Waals surface area contributed by atoms with E-state index in [0.29, 0.717) is 13.0 Å². The number of carbonyl (C=O) groups excluding carboxylic acids is 2. The summed E-state index contributed by atoms with van der Waals surface area (Å²) in [5, 5.41) is 13.7. The van der Waals surface area contributed by atoms with Crippen molar-refractivity contribution in [2.75, 3.05) is 19.0 Å². The van der Waals surface area contributed by atoms with Gasteiger partial charge in [-0.25, -0.2) is 4.79 Å². The number of nitrogens with zero attached hydrogens (tertiary/aromatic N) is 1. The highest BCUT2D eigenvalue weighted by Gasteiger charge is 2.62. The van der Waals surface area contributed by atoms with E-state index in [0.717, 1.165) is 6.07 Å². The van der Waals surface area contributed by atoms with Crippen molar-refractivity contribution in [2.45, 2.75) is 38.8 Å². The lowest BCUT2D eigenvalue weighted by Gasteiger charge is -2.57. The Balaban J connectivity index is 2.28. The molecule has 2 atom stereocenters. The van der Waals surface area contributed by atoms with Crippen LogP contribution in [0.2, 0.25) is 0 Å². The third-order valence-corrected chi connectivity index (χ3v) is 5.04. The maximum Gasteiger partial charge on any atom is 0.338 e. The Morgan fingerprint density at radius 1 is 1.38 bits per heavy atom. The zero-order valence-electron chi connectivity index (χ0n) is 15.2. The van der Waals surface area contributed by atoms with Crippen LogP contribution < -0.4 is 11.1 Å². The van der Waals surface area contributed by atoms with Crippen LogP contribution in [0.25, 0.3) is 0 Å². The summed E-state index contributed by atoms with van der Waals surface area (Å²) in [6, 6.07) is 3.56. The monoisotopic (exact) mass is 365 g/mol. The third kappa shape index (κ3) is 3.27. The molecule has 0 aromatic heterocycles. The van der Waals surface area contributed by atoms with E-state index in [9.17, 15) is 19.7 Å². The largest absolute Gasteiger partial charge is 0.465 e. The number of non-ortho nitro benzene ring substituents is 1. The van der Waals surface area contributed by atoms with Crippen molar-refractivity contribution < 1.29 is 24.0 Å². The highest BCUT2D eigenvalue weighted by molar-refractivity contribution is 6.01. The fraction of sp³-hybridized carbons (Fsp3) is 0.529. The van der Waals surface area contributed by atoms with Gasteiger partial charge in [0.2, 0.25) is 5.91 Å². The fourth-order valence-electron chi connectivity index (χ4n) is 3.09. The topological polar surface area (TPSA) is 134 Å². The number of nitro groups is 1. The van der Waals surface area contributed by atoms with Crippen molar-refractivity contribution in [2.24, 2.45) is 11.1 Å². The van der Waals surface area contributed by atoms with E-state index in [2.05, 4.69) is 10.1 Å². The molecule has 1 amide bonds. The van der Waals surface area contributed by atoms with Gasteiger partial charge in [0, 0.05) is 36.3 Å². The number of nitrogens with two attached hydrogens (primary N) is 1. The lowest BCUT2D eigenvalue weighted by Crippen LogP contribution is -2.74. The highest BCUT2D eigenvalue weighted by atomic mass is 16.6. The second-order valence-corrected chi connectivity index (χ2v) is 6.81. The molecule has 26 heavy (non-hydrogen) atoms. The summed E-state index contributed by atoms with van der Waals surface area (Å²) < 4.78 is 10.2. The molecule has 9 heteroatoms. The predicted octanol–water partition coefficient (Wildman–Crippen LogP) is 1.85. The third-order valence-electron chi connectivity index (χ3n) is 5.04. The summed E-state index contributed by atoms with van der Waals surface area (Å²) in [5.41, 5.74) is 4.22. The van der Waals surface area contributed by atoms with Crippen molar-refractivity contribution in [1.29, 1.82) is 0 Å². The minimum atomic E-state index is -1.19. The SMILES string of the molecule is CCOC1CC(N)(C(=O)Nc2cc(C(=O)OC)cc([N+](=O)[O-])c2)C1(C)C. The van der Waals surface area contributed by atoms with Crippen LogP contribution in [-0.4, -0.2) is 42.2 Å². The van der Waals surface area contributed by atoms with Crippen LogP contribution in [0.4, 0.5) is 11.4 Å². The lowest BCUT2D eigenvalue weighted by atomic mass is 9.54. The summed E-state index contributed by atoms with van der Waals surface area (Å²) in [5.74, 6) is -1.23. The van der Waals surface area contributed by atoms with Gasteiger partial charge in [-0.2, -0.15) is 0 Å². The van der Waals surface area contributed by atoms with Gasteiger partial charge in [0.25, 0.3) is 5.69 Å². The van der Waals surface area contributed by atoms with Crippen LogP contribution in [0, 0.1) is 15.5 Å². The molecule has 1 saturated carbocycles. The Morgan fingerprint density at radius 2 is 2.04 bits per heavy atom. The van der Waals surface area contributed by atoms with Gasteiger partial charge in [0.1, 0.15) is 5.54 Å². The van der Waals surface area contributed by atoms with Gasteiger partial charge in [0.15, 0.2) is 0 Å². The second kappa shape index (κ2) is 7.00. The molecule has 1 aliphatic rings. The van der Waals surface area contributed by atoms with Gasteiger partial charge in [-0.15, -0.1) is 0 Å². The van der Waals surface area contributed by atoms with E-state index in [-0.39, 0.29) is 23.0 Å². The normalized spacial score (nSPS) is 23.7. The molecule has 1 aromatic carbocycles. The molecule has 0 aliphatic heterocycles. The molecule has 2 rings (SSSR count). The number of rotatable bonds is 6. The molecule has 0 radical (unpaired) electrons. The number of benzene rings is 1. The Labute approximate surface area is 151 Å². The number of carbonyl (C=O) groups is 2. The first kappa shape index (κ1) is 19.8. The number of nitrogens with one attached hydrogen (secondary N) is 1. The van der Waals surface area contributed by atoms with Gasteiger partial charge in [-0.05, 0) is 13.0 Å². The van der Waals surface area contributed by atoms with Crippen molar-refractivity contribution in [1.82, 2.24) is 0 Å². The van der Waals surface area contributed by atoms with Crippen molar-refractivity contribution in [3.8, 4) is 0 Å². The van der Waals surface area contributed by atoms with Gasteiger partial charge in [-0.3, -0.25) is 14.9 Å². The average molecular weight is 365 g/mol. The Bertz CT molecular complexity index is 748. The first-order chi connectivity index (χ1) is 12.1. The van der Waals surface area contributed by atoms with E-state index >= 15 is 0 Å². The van der Waals surface area contributed by atoms with Crippen LogP contribution in [0.5, 0.6) is 0 Å². The summed E-state index contributed by atoms with van der Waals surface area (Å²) in [6.07, 6.45) is 0.178. The number of hydrogen-bond acceptors (Lipinski definition) is 7. The molecule has 0 spiro atoms. The molecule has 1 aromatic rings. The second-order valence-electron chi connectivity index (χ2n) is 6.81. The number of anilines is 1. The molecule has 9 nitrogen and oxygen atoms in total. The van der Waals surface area contributed by atoms with Crippen molar-refractivity contribution >= 4 is 23.3 Å². The molecular formula is C17H23N3O6. The van der Waals surface area contributed by atoms with E-state index in [1.165, 1.54) is 19.2 Å². The number of amides is 1. The standard InChI is InChI=1S/C17H23N3O6/c1-5-26-13-9-17(18,16(13,2)3)15(22)19-11-6-10(14(21)25-4)7-12(8-11)20(23)24/h6-8,13H,5,9,18H2,1-4H3,(H,19,22). The summed E-state index contributed by atoms with van der Waals surface area (Å²) in [6.45, 7) is 6.05. The van der Waals surface area contributed by atoms with Gasteiger partial charge < -0.3 is 20.5 Å². The molecule has 1 fully saturated rings. The van der Waals surface area contributed by atoms with Crippen molar-refractivity contribution in [3.63, 3.8) is 0 Å². The molecule has 2 unspecified atom stereocenters.